The van der Waals surface area contributed by atoms with Crippen molar-refractivity contribution in [3.05, 3.63) is 0 Å². The van der Waals surface area contributed by atoms with E-state index in [0.29, 0.717) is 6.04 Å². The Labute approximate surface area is 90.8 Å². The van der Waals surface area contributed by atoms with Gasteiger partial charge in [0.2, 0.25) is 5.91 Å². The Kier molecular flexibility index (Phi) is 3.97. The predicted molar refractivity (Wildman–Crippen MR) is 57.6 cm³/mol. The molecule has 1 heterocycles. The quantitative estimate of drug-likeness (QED) is 0.710. The zero-order valence-electron chi connectivity index (χ0n) is 9.13. The highest BCUT2D eigenvalue weighted by Gasteiger charge is 2.20. The van der Waals surface area contributed by atoms with Gasteiger partial charge in [0.15, 0.2) is 0 Å². The molecule has 1 aliphatic heterocycles. The van der Waals surface area contributed by atoms with Crippen LogP contribution in [0.3, 0.4) is 0 Å². The molecule has 4 heteroatoms. The molecule has 1 amide bonds. The number of amides is 1. The van der Waals surface area contributed by atoms with Gasteiger partial charge in [-0.1, -0.05) is 0 Å². The smallest absolute Gasteiger partial charge is 0.246 e. The van der Waals surface area contributed by atoms with Crippen molar-refractivity contribution in [1.29, 1.82) is 0 Å². The molecule has 2 fully saturated rings. The summed E-state index contributed by atoms with van der Waals surface area (Å²) in [4.78, 5) is 11.4. The molecule has 4 nitrogen and oxygen atoms in total. The number of nitrogens with one attached hydrogen (secondary N) is 2. The van der Waals surface area contributed by atoms with Gasteiger partial charge in [0, 0.05) is 6.04 Å². The highest BCUT2D eigenvalue weighted by atomic mass is 16.5. The lowest BCUT2D eigenvalue weighted by atomic mass is 9.93. The summed E-state index contributed by atoms with van der Waals surface area (Å²) in [5.41, 5.74) is 0. The maximum Gasteiger partial charge on any atom is 0.246 e. The van der Waals surface area contributed by atoms with Crippen LogP contribution >= 0.6 is 0 Å². The summed E-state index contributed by atoms with van der Waals surface area (Å²) in [6.45, 7) is 2.25. The number of carbonyl (C=O) groups excluding carboxylic acids is 1. The fourth-order valence-corrected chi connectivity index (χ4v) is 1.98. The average Bonchev–Trinajstić information content (AvgIpc) is 2.22. The first kappa shape index (κ1) is 10.9. The molecule has 2 N–H and O–H groups in total. The Balaban J connectivity index is 1.57. The summed E-state index contributed by atoms with van der Waals surface area (Å²) in [5, 5.41) is 6.25. The van der Waals surface area contributed by atoms with Gasteiger partial charge in [-0.05, 0) is 45.2 Å². The molecule has 2 rings (SSSR count). The standard InChI is InChI=1S/C11H20N2O2/c14-11(13-9-2-1-3-9)8-15-10-4-6-12-7-5-10/h9-10,12H,1-8H2,(H,13,14). The topological polar surface area (TPSA) is 50.4 Å². The van der Waals surface area contributed by atoms with Crippen LogP contribution in [-0.4, -0.2) is 37.7 Å². The number of carbonyl (C=O) groups is 1. The molecule has 15 heavy (non-hydrogen) atoms. The minimum Gasteiger partial charge on any atom is -0.368 e. The molecule has 0 aromatic carbocycles. The van der Waals surface area contributed by atoms with Gasteiger partial charge >= 0.3 is 0 Å². The molecule has 2 aliphatic rings. The third-order valence-corrected chi connectivity index (χ3v) is 3.21. The summed E-state index contributed by atoms with van der Waals surface area (Å²) < 4.78 is 5.56. The first-order chi connectivity index (χ1) is 7.34. The van der Waals surface area contributed by atoms with Crippen LogP contribution in [0.5, 0.6) is 0 Å². The van der Waals surface area contributed by atoms with Gasteiger partial charge in [0.25, 0.3) is 0 Å². The van der Waals surface area contributed by atoms with Crippen molar-refractivity contribution in [2.24, 2.45) is 0 Å². The van der Waals surface area contributed by atoms with Gasteiger partial charge in [0.05, 0.1) is 6.10 Å². The van der Waals surface area contributed by atoms with E-state index in [-0.39, 0.29) is 18.6 Å². The monoisotopic (exact) mass is 212 g/mol. The molecule has 0 atom stereocenters. The molecule has 1 saturated carbocycles. The summed E-state index contributed by atoms with van der Waals surface area (Å²) >= 11 is 0. The summed E-state index contributed by atoms with van der Waals surface area (Å²) in [6, 6.07) is 0.425. The van der Waals surface area contributed by atoms with Crippen molar-refractivity contribution in [1.82, 2.24) is 10.6 Å². The van der Waals surface area contributed by atoms with Crippen molar-refractivity contribution in [2.75, 3.05) is 19.7 Å². The highest BCUT2D eigenvalue weighted by molar-refractivity contribution is 5.77. The zero-order chi connectivity index (χ0) is 10.5. The SMILES string of the molecule is O=C(COC1CCNCC1)NC1CCC1. The van der Waals surface area contributed by atoms with Gasteiger partial charge in [0.1, 0.15) is 6.61 Å². The van der Waals surface area contributed by atoms with Crippen LogP contribution in [0.4, 0.5) is 0 Å². The number of piperidine rings is 1. The second-order valence-corrected chi connectivity index (χ2v) is 4.46. The second-order valence-electron chi connectivity index (χ2n) is 4.46. The Hall–Kier alpha value is -0.610. The number of hydrogen-bond donors (Lipinski definition) is 2. The van der Waals surface area contributed by atoms with E-state index < -0.39 is 0 Å². The van der Waals surface area contributed by atoms with Gasteiger partial charge in [-0.25, -0.2) is 0 Å². The van der Waals surface area contributed by atoms with E-state index in [2.05, 4.69) is 10.6 Å². The summed E-state index contributed by atoms with van der Waals surface area (Å²) in [5.74, 6) is 0.0539. The van der Waals surface area contributed by atoms with Crippen molar-refractivity contribution in [3.8, 4) is 0 Å². The molecule has 0 unspecified atom stereocenters. The average molecular weight is 212 g/mol. The lowest BCUT2D eigenvalue weighted by Gasteiger charge is -2.27. The van der Waals surface area contributed by atoms with Crippen LogP contribution in [0.2, 0.25) is 0 Å². The first-order valence-electron chi connectivity index (χ1n) is 5.96. The molecule has 0 spiro atoms. The Morgan fingerprint density at radius 2 is 2.00 bits per heavy atom. The maximum atomic E-state index is 11.4. The molecular weight excluding hydrogens is 192 g/mol. The third kappa shape index (κ3) is 3.47. The van der Waals surface area contributed by atoms with E-state index in [1.165, 1.54) is 6.42 Å². The van der Waals surface area contributed by atoms with E-state index >= 15 is 0 Å². The Morgan fingerprint density at radius 3 is 2.60 bits per heavy atom. The summed E-state index contributed by atoms with van der Waals surface area (Å²) in [7, 11) is 0. The molecule has 1 saturated heterocycles. The first-order valence-corrected chi connectivity index (χ1v) is 5.96. The van der Waals surface area contributed by atoms with Gasteiger partial charge < -0.3 is 15.4 Å². The van der Waals surface area contributed by atoms with Gasteiger partial charge in [-0.15, -0.1) is 0 Å². The molecule has 0 radical (unpaired) electrons. The van der Waals surface area contributed by atoms with Crippen LogP contribution in [0.15, 0.2) is 0 Å². The van der Waals surface area contributed by atoms with E-state index in [1.54, 1.807) is 0 Å². The minimum atomic E-state index is 0.0539. The number of hydrogen-bond acceptors (Lipinski definition) is 3. The molecule has 0 aromatic rings. The predicted octanol–water partition coefficient (Wildman–Crippen LogP) is 0.424. The van der Waals surface area contributed by atoms with Gasteiger partial charge in [-0.2, -0.15) is 0 Å². The molecule has 0 aromatic heterocycles. The fraction of sp³-hybridized carbons (Fsp3) is 0.909. The van der Waals surface area contributed by atoms with E-state index in [0.717, 1.165) is 38.8 Å². The van der Waals surface area contributed by atoms with E-state index in [1.807, 2.05) is 0 Å². The van der Waals surface area contributed by atoms with Gasteiger partial charge in [-0.3, -0.25) is 4.79 Å². The van der Waals surface area contributed by atoms with Crippen molar-refractivity contribution in [3.63, 3.8) is 0 Å². The molecule has 86 valence electrons. The highest BCUT2D eigenvalue weighted by Crippen LogP contribution is 2.17. The number of ether oxygens (including phenoxy) is 1. The zero-order valence-corrected chi connectivity index (χ0v) is 9.13. The molecule has 0 bridgehead atoms. The van der Waals surface area contributed by atoms with Crippen LogP contribution < -0.4 is 10.6 Å². The van der Waals surface area contributed by atoms with Crippen molar-refractivity contribution in [2.45, 2.75) is 44.2 Å². The molecular formula is C11H20N2O2. The normalized spacial score (nSPS) is 23.5. The van der Waals surface area contributed by atoms with Crippen LogP contribution in [0.25, 0.3) is 0 Å². The molecule has 1 aliphatic carbocycles. The second kappa shape index (κ2) is 5.47. The Morgan fingerprint density at radius 1 is 1.27 bits per heavy atom. The summed E-state index contributed by atoms with van der Waals surface area (Å²) in [6.07, 6.45) is 5.85. The fourth-order valence-electron chi connectivity index (χ4n) is 1.98. The lowest BCUT2D eigenvalue weighted by Crippen LogP contribution is -2.42. The van der Waals surface area contributed by atoms with E-state index in [9.17, 15) is 4.79 Å². The largest absolute Gasteiger partial charge is 0.368 e. The van der Waals surface area contributed by atoms with Crippen molar-refractivity contribution >= 4 is 5.91 Å². The third-order valence-electron chi connectivity index (χ3n) is 3.21. The van der Waals surface area contributed by atoms with Crippen LogP contribution in [0.1, 0.15) is 32.1 Å². The van der Waals surface area contributed by atoms with Crippen molar-refractivity contribution < 1.29 is 9.53 Å². The maximum absolute atomic E-state index is 11.4. The van der Waals surface area contributed by atoms with E-state index in [4.69, 9.17) is 4.74 Å². The number of rotatable bonds is 4. The minimum absolute atomic E-state index is 0.0539. The Bertz CT molecular complexity index is 211. The van der Waals surface area contributed by atoms with Crippen LogP contribution in [0, 0.1) is 0 Å². The lowest BCUT2D eigenvalue weighted by molar-refractivity contribution is -0.129. The van der Waals surface area contributed by atoms with Crippen LogP contribution in [-0.2, 0) is 9.53 Å².